The molecular formula is C53H35N3O. The zero-order valence-electron chi connectivity index (χ0n) is 31.5. The van der Waals surface area contributed by atoms with Crippen LogP contribution in [-0.2, 0) is 5.41 Å². The van der Waals surface area contributed by atoms with Crippen LogP contribution in [-0.4, -0.2) is 14.5 Å². The molecule has 0 saturated carbocycles. The predicted molar refractivity (Wildman–Crippen MR) is 235 cm³/mol. The number of hydrogen-bond donors (Lipinski definition) is 0. The number of nitrogens with zero attached hydrogens (tertiary/aromatic N) is 3. The van der Waals surface area contributed by atoms with E-state index < -0.39 is 0 Å². The van der Waals surface area contributed by atoms with Crippen molar-refractivity contribution in [2.75, 3.05) is 0 Å². The second-order valence-electron chi connectivity index (χ2n) is 15.8. The first-order chi connectivity index (χ1) is 28.0. The van der Waals surface area contributed by atoms with Crippen molar-refractivity contribution < 1.29 is 4.42 Å². The molecule has 12 rings (SSSR count). The Morgan fingerprint density at radius 1 is 0.439 bits per heavy atom. The topological polar surface area (TPSA) is 43.9 Å². The molecule has 8 aromatic carbocycles. The molecule has 0 N–H and O–H groups in total. The van der Waals surface area contributed by atoms with Gasteiger partial charge in [0.1, 0.15) is 11.2 Å². The molecule has 4 heteroatoms. The first-order valence-electron chi connectivity index (χ1n) is 19.6. The fourth-order valence-electron chi connectivity index (χ4n) is 9.37. The van der Waals surface area contributed by atoms with Crippen molar-refractivity contribution in [1.29, 1.82) is 0 Å². The van der Waals surface area contributed by atoms with Gasteiger partial charge in [-0.2, -0.15) is 0 Å². The normalized spacial score (nSPS) is 13.2. The lowest BCUT2D eigenvalue weighted by molar-refractivity contribution is 0.647. The van der Waals surface area contributed by atoms with E-state index in [1.165, 1.54) is 49.5 Å². The molecule has 3 aromatic heterocycles. The molecular weight excluding hydrogens is 695 g/mol. The average Bonchev–Trinajstić information content (AvgIpc) is 3.87. The van der Waals surface area contributed by atoms with E-state index in [-0.39, 0.29) is 5.41 Å². The molecule has 1 aliphatic carbocycles. The smallest absolute Gasteiger partial charge is 0.160 e. The van der Waals surface area contributed by atoms with E-state index in [2.05, 4.69) is 176 Å². The molecule has 268 valence electrons. The van der Waals surface area contributed by atoms with Crippen molar-refractivity contribution in [3.8, 4) is 50.6 Å². The molecule has 0 atom stereocenters. The van der Waals surface area contributed by atoms with Gasteiger partial charge in [-0.25, -0.2) is 9.97 Å². The Balaban J connectivity index is 0.972. The minimum atomic E-state index is -0.171. The first kappa shape index (κ1) is 32.0. The highest BCUT2D eigenvalue weighted by atomic mass is 16.3. The quantitative estimate of drug-likeness (QED) is 0.181. The molecule has 0 aliphatic heterocycles. The SMILES string of the molecule is CC1(C)c2cc(-c3ccc4c(c3)c3ccccc3n4-c3cccc(-c4nc(-c5ccccc5)c5ccccc5n4)c3)ccc2-c2cc3c(cc21)oc1ccccc13. The highest BCUT2D eigenvalue weighted by molar-refractivity contribution is 6.11. The Morgan fingerprint density at radius 2 is 1.14 bits per heavy atom. The van der Waals surface area contributed by atoms with Gasteiger partial charge in [0.2, 0.25) is 0 Å². The average molecular weight is 730 g/mol. The van der Waals surface area contributed by atoms with Gasteiger partial charge >= 0.3 is 0 Å². The summed E-state index contributed by atoms with van der Waals surface area (Å²) in [7, 11) is 0. The number of para-hydroxylation sites is 3. The van der Waals surface area contributed by atoms with E-state index in [9.17, 15) is 0 Å². The zero-order valence-corrected chi connectivity index (χ0v) is 31.5. The minimum Gasteiger partial charge on any atom is -0.456 e. The maximum Gasteiger partial charge on any atom is 0.160 e. The fraction of sp³-hybridized carbons (Fsp3) is 0.0566. The molecule has 0 bridgehead atoms. The van der Waals surface area contributed by atoms with Crippen LogP contribution < -0.4 is 0 Å². The van der Waals surface area contributed by atoms with Crippen LogP contribution in [0.3, 0.4) is 0 Å². The summed E-state index contributed by atoms with van der Waals surface area (Å²) in [5.74, 6) is 0.709. The van der Waals surface area contributed by atoms with Gasteiger partial charge in [0.05, 0.1) is 22.2 Å². The number of rotatable bonds is 4. The first-order valence-corrected chi connectivity index (χ1v) is 19.6. The van der Waals surface area contributed by atoms with Crippen molar-refractivity contribution >= 4 is 54.6 Å². The summed E-state index contributed by atoms with van der Waals surface area (Å²) in [5, 5.41) is 5.82. The fourth-order valence-corrected chi connectivity index (χ4v) is 9.37. The lowest BCUT2D eigenvalue weighted by Crippen LogP contribution is -2.15. The predicted octanol–water partition coefficient (Wildman–Crippen LogP) is 13.9. The molecule has 0 saturated heterocycles. The lowest BCUT2D eigenvalue weighted by atomic mass is 9.81. The van der Waals surface area contributed by atoms with E-state index in [0.717, 1.165) is 61.0 Å². The van der Waals surface area contributed by atoms with Gasteiger partial charge in [-0.1, -0.05) is 129 Å². The molecule has 11 aromatic rings. The van der Waals surface area contributed by atoms with Crippen molar-refractivity contribution in [3.63, 3.8) is 0 Å². The second-order valence-corrected chi connectivity index (χ2v) is 15.8. The highest BCUT2D eigenvalue weighted by Crippen LogP contribution is 2.52. The van der Waals surface area contributed by atoms with Gasteiger partial charge in [0.25, 0.3) is 0 Å². The summed E-state index contributed by atoms with van der Waals surface area (Å²) in [6, 6.07) is 62.9. The van der Waals surface area contributed by atoms with Gasteiger partial charge in [-0.15, -0.1) is 0 Å². The lowest BCUT2D eigenvalue weighted by Gasteiger charge is -2.22. The Labute approximate surface area is 329 Å². The Hall–Kier alpha value is -7.30. The van der Waals surface area contributed by atoms with Crippen LogP contribution >= 0.6 is 0 Å². The molecule has 57 heavy (non-hydrogen) atoms. The second kappa shape index (κ2) is 11.8. The molecule has 0 unspecified atom stereocenters. The van der Waals surface area contributed by atoms with Gasteiger partial charge in [0.15, 0.2) is 5.82 Å². The van der Waals surface area contributed by atoms with Crippen molar-refractivity contribution in [3.05, 3.63) is 187 Å². The molecule has 0 spiro atoms. The van der Waals surface area contributed by atoms with Gasteiger partial charge in [-0.05, 0) is 94.0 Å². The standard InChI is InChI=1S/C53H35N3O/c1-53(2)44-29-34(23-25-37(44)41-30-43-39-18-8-11-22-49(39)57-50(43)31-45(41)53)33-24-26-48-42(28-33)38-17-7-10-21-47(38)56(48)36-16-12-15-35(27-36)52-54-46-20-9-6-19-40(46)51(55-52)32-13-4-3-5-14-32/h3-31H,1-2H3. The molecule has 3 heterocycles. The van der Waals surface area contributed by atoms with Gasteiger partial charge in [0, 0.05) is 49.2 Å². The summed E-state index contributed by atoms with van der Waals surface area (Å²) < 4.78 is 8.70. The third-order valence-electron chi connectivity index (χ3n) is 12.2. The summed E-state index contributed by atoms with van der Waals surface area (Å²) in [6.07, 6.45) is 0. The maximum atomic E-state index is 6.33. The van der Waals surface area contributed by atoms with Gasteiger partial charge in [-0.3, -0.25) is 0 Å². The van der Waals surface area contributed by atoms with Crippen LogP contribution in [0, 0.1) is 0 Å². The van der Waals surface area contributed by atoms with E-state index in [4.69, 9.17) is 14.4 Å². The number of fused-ring (bicyclic) bond motifs is 10. The number of hydrogen-bond acceptors (Lipinski definition) is 3. The van der Waals surface area contributed by atoms with Crippen LogP contribution in [0.15, 0.2) is 180 Å². The van der Waals surface area contributed by atoms with E-state index in [0.29, 0.717) is 5.82 Å². The summed E-state index contributed by atoms with van der Waals surface area (Å²) >= 11 is 0. The summed E-state index contributed by atoms with van der Waals surface area (Å²) in [5.41, 5.74) is 16.7. The van der Waals surface area contributed by atoms with Crippen LogP contribution in [0.4, 0.5) is 0 Å². The number of aromatic nitrogens is 3. The van der Waals surface area contributed by atoms with Crippen LogP contribution in [0.25, 0.3) is 105 Å². The molecule has 0 fully saturated rings. The van der Waals surface area contributed by atoms with Gasteiger partial charge < -0.3 is 8.98 Å². The third kappa shape index (κ3) is 4.74. The minimum absolute atomic E-state index is 0.171. The Morgan fingerprint density at radius 3 is 2.04 bits per heavy atom. The number of furan rings is 1. The van der Waals surface area contributed by atoms with Crippen molar-refractivity contribution in [1.82, 2.24) is 14.5 Å². The Bertz CT molecular complexity index is 3440. The molecule has 1 aliphatic rings. The van der Waals surface area contributed by atoms with E-state index >= 15 is 0 Å². The number of benzene rings is 8. The third-order valence-corrected chi connectivity index (χ3v) is 12.2. The van der Waals surface area contributed by atoms with Crippen LogP contribution in [0.2, 0.25) is 0 Å². The summed E-state index contributed by atoms with van der Waals surface area (Å²) in [6.45, 7) is 4.68. The largest absolute Gasteiger partial charge is 0.456 e. The van der Waals surface area contributed by atoms with E-state index in [1.54, 1.807) is 0 Å². The van der Waals surface area contributed by atoms with Crippen LogP contribution in [0.1, 0.15) is 25.0 Å². The molecule has 4 nitrogen and oxygen atoms in total. The monoisotopic (exact) mass is 729 g/mol. The zero-order chi connectivity index (χ0) is 37.8. The summed E-state index contributed by atoms with van der Waals surface area (Å²) in [4.78, 5) is 10.3. The molecule has 0 radical (unpaired) electrons. The van der Waals surface area contributed by atoms with Crippen molar-refractivity contribution in [2.24, 2.45) is 0 Å². The molecule has 0 amide bonds. The Kier molecular flexibility index (Phi) is 6.65. The van der Waals surface area contributed by atoms with E-state index in [1.807, 2.05) is 18.2 Å². The van der Waals surface area contributed by atoms with Crippen LogP contribution in [0.5, 0.6) is 0 Å². The van der Waals surface area contributed by atoms with Crippen molar-refractivity contribution in [2.45, 2.75) is 19.3 Å². The maximum absolute atomic E-state index is 6.33. The highest BCUT2D eigenvalue weighted by Gasteiger charge is 2.36.